The number of hydrogen-bond donors (Lipinski definition) is 2. The number of rotatable bonds is 8. The van der Waals surface area contributed by atoms with Crippen molar-refractivity contribution in [3.63, 3.8) is 0 Å². The van der Waals surface area contributed by atoms with Crippen molar-refractivity contribution in [2.45, 2.75) is 64.4 Å². The van der Waals surface area contributed by atoms with Crippen molar-refractivity contribution in [2.24, 2.45) is 4.99 Å². The van der Waals surface area contributed by atoms with Crippen molar-refractivity contribution in [3.05, 3.63) is 0 Å². The number of aliphatic imine (C=N–C) groups is 1. The van der Waals surface area contributed by atoms with Crippen LogP contribution in [0.1, 0.15) is 58.3 Å². The number of nitrogens with one attached hydrogen (secondary N) is 2. The fourth-order valence-electron chi connectivity index (χ4n) is 3.29. The van der Waals surface area contributed by atoms with Gasteiger partial charge in [-0.1, -0.05) is 6.42 Å². The molecule has 0 aliphatic carbocycles. The molecule has 0 aromatic carbocycles. The maximum atomic E-state index is 12.0. The number of carbonyl (C=O) groups excluding carboxylic acids is 1. The Hall–Kier alpha value is -0.570. The van der Waals surface area contributed by atoms with Gasteiger partial charge in [0.05, 0.1) is 6.10 Å². The Balaban J connectivity index is 0.00000312. The molecule has 6 nitrogen and oxygen atoms in total. The lowest BCUT2D eigenvalue weighted by Crippen LogP contribution is -2.39. The average molecular weight is 466 g/mol. The van der Waals surface area contributed by atoms with Crippen LogP contribution >= 0.6 is 24.0 Å². The maximum Gasteiger partial charge on any atom is 0.222 e. The van der Waals surface area contributed by atoms with Gasteiger partial charge in [-0.3, -0.25) is 9.79 Å². The molecule has 1 unspecified atom stereocenters. The van der Waals surface area contributed by atoms with Gasteiger partial charge >= 0.3 is 0 Å². The molecule has 2 N–H and O–H groups in total. The minimum atomic E-state index is 0. The van der Waals surface area contributed by atoms with E-state index in [1.54, 1.807) is 0 Å². The van der Waals surface area contributed by atoms with Crippen LogP contribution in [0.5, 0.6) is 0 Å². The second-order valence-corrected chi connectivity index (χ2v) is 6.66. The van der Waals surface area contributed by atoms with Gasteiger partial charge in [0.2, 0.25) is 5.91 Å². The summed E-state index contributed by atoms with van der Waals surface area (Å²) in [6.07, 6.45) is 8.83. The lowest BCUT2D eigenvalue weighted by Gasteiger charge is -2.20. The zero-order chi connectivity index (χ0) is 17.0. The quantitative estimate of drug-likeness (QED) is 0.250. The molecule has 0 saturated carbocycles. The van der Waals surface area contributed by atoms with E-state index in [9.17, 15) is 4.79 Å². The molecule has 1 atom stereocenters. The van der Waals surface area contributed by atoms with Crippen molar-refractivity contribution in [1.82, 2.24) is 15.5 Å². The molecule has 2 aliphatic heterocycles. The summed E-state index contributed by atoms with van der Waals surface area (Å²) in [6.45, 7) is 7.23. The van der Waals surface area contributed by atoms with E-state index in [2.05, 4.69) is 22.5 Å². The van der Waals surface area contributed by atoms with Crippen LogP contribution in [0.2, 0.25) is 0 Å². The molecule has 2 saturated heterocycles. The Bertz CT molecular complexity index is 401. The number of likely N-dealkylation sites (tertiary alicyclic amines) is 1. The lowest BCUT2D eigenvalue weighted by atomic mass is 10.2. The third-order valence-electron chi connectivity index (χ3n) is 4.65. The molecular weight excluding hydrogens is 431 g/mol. The molecule has 25 heavy (non-hydrogen) atoms. The Morgan fingerprint density at radius 2 is 2.16 bits per heavy atom. The summed E-state index contributed by atoms with van der Waals surface area (Å²) in [5, 5.41) is 6.67. The van der Waals surface area contributed by atoms with Crippen LogP contribution in [0.4, 0.5) is 0 Å². The summed E-state index contributed by atoms with van der Waals surface area (Å²) in [5.41, 5.74) is 0. The highest BCUT2D eigenvalue weighted by Crippen LogP contribution is 2.14. The zero-order valence-electron chi connectivity index (χ0n) is 15.6. The first-order chi connectivity index (χ1) is 11.8. The summed E-state index contributed by atoms with van der Waals surface area (Å²) in [5.74, 6) is 1.19. The summed E-state index contributed by atoms with van der Waals surface area (Å²) in [7, 11) is 0. The van der Waals surface area contributed by atoms with Crippen LogP contribution in [-0.4, -0.2) is 62.2 Å². The largest absolute Gasteiger partial charge is 0.378 e. The van der Waals surface area contributed by atoms with Crippen molar-refractivity contribution in [1.29, 1.82) is 0 Å². The van der Waals surface area contributed by atoms with Crippen molar-refractivity contribution < 1.29 is 9.53 Å². The number of hydrogen-bond acceptors (Lipinski definition) is 3. The predicted octanol–water partition coefficient (Wildman–Crippen LogP) is 2.52. The number of nitrogens with zero attached hydrogens (tertiary/aromatic N) is 2. The summed E-state index contributed by atoms with van der Waals surface area (Å²) in [6, 6.07) is 0. The van der Waals surface area contributed by atoms with Crippen LogP contribution in [0.3, 0.4) is 0 Å². The van der Waals surface area contributed by atoms with E-state index in [4.69, 9.17) is 4.74 Å². The number of ether oxygens (including phenoxy) is 1. The molecule has 1 amide bonds. The monoisotopic (exact) mass is 466 g/mol. The molecule has 2 aliphatic rings. The second kappa shape index (κ2) is 13.6. The Labute approximate surface area is 169 Å². The van der Waals surface area contributed by atoms with Gasteiger partial charge in [-0.05, 0) is 45.4 Å². The molecule has 0 radical (unpaired) electrons. The average Bonchev–Trinajstić information content (AvgIpc) is 3.01. The van der Waals surface area contributed by atoms with Gasteiger partial charge in [0.1, 0.15) is 0 Å². The molecule has 146 valence electrons. The van der Waals surface area contributed by atoms with Crippen LogP contribution in [0, 0.1) is 0 Å². The molecule has 0 bridgehead atoms. The van der Waals surface area contributed by atoms with Gasteiger partial charge < -0.3 is 20.3 Å². The maximum absolute atomic E-state index is 12.0. The SMILES string of the molecule is CCNC(=NCCCN1CCCCCC1=O)NCCC1CCCO1.I. The highest BCUT2D eigenvalue weighted by atomic mass is 127. The van der Waals surface area contributed by atoms with E-state index < -0.39 is 0 Å². The van der Waals surface area contributed by atoms with E-state index in [0.29, 0.717) is 12.0 Å². The number of carbonyl (C=O) groups is 1. The fraction of sp³-hybridized carbons (Fsp3) is 0.889. The smallest absolute Gasteiger partial charge is 0.222 e. The van der Waals surface area contributed by atoms with Gasteiger partial charge in [0.25, 0.3) is 0 Å². The molecule has 2 fully saturated rings. The topological polar surface area (TPSA) is 66.0 Å². The van der Waals surface area contributed by atoms with Gasteiger partial charge in [0.15, 0.2) is 5.96 Å². The van der Waals surface area contributed by atoms with E-state index in [0.717, 1.165) is 77.4 Å². The lowest BCUT2D eigenvalue weighted by molar-refractivity contribution is -0.130. The number of amides is 1. The third-order valence-corrected chi connectivity index (χ3v) is 4.65. The van der Waals surface area contributed by atoms with Crippen molar-refractivity contribution in [2.75, 3.05) is 39.3 Å². The van der Waals surface area contributed by atoms with E-state index in [-0.39, 0.29) is 24.0 Å². The van der Waals surface area contributed by atoms with Crippen LogP contribution in [-0.2, 0) is 9.53 Å². The molecule has 0 spiro atoms. The van der Waals surface area contributed by atoms with E-state index >= 15 is 0 Å². The number of guanidine groups is 1. The molecule has 2 heterocycles. The summed E-state index contributed by atoms with van der Waals surface area (Å²) < 4.78 is 5.64. The van der Waals surface area contributed by atoms with E-state index in [1.807, 2.05) is 4.90 Å². The Kier molecular flexibility index (Phi) is 12.2. The fourth-order valence-corrected chi connectivity index (χ4v) is 3.29. The van der Waals surface area contributed by atoms with Gasteiger partial charge in [-0.2, -0.15) is 0 Å². The Morgan fingerprint density at radius 3 is 2.92 bits per heavy atom. The highest BCUT2D eigenvalue weighted by molar-refractivity contribution is 14.0. The minimum Gasteiger partial charge on any atom is -0.378 e. The molecule has 0 aromatic rings. The van der Waals surface area contributed by atoms with Crippen molar-refractivity contribution in [3.8, 4) is 0 Å². The second-order valence-electron chi connectivity index (χ2n) is 6.66. The van der Waals surface area contributed by atoms with Crippen LogP contribution in [0.15, 0.2) is 4.99 Å². The first kappa shape index (κ1) is 22.5. The standard InChI is InChI=1S/C18H34N4O2.HI/c1-2-19-18(21-12-10-16-8-6-15-24-16)20-11-7-14-22-13-5-3-4-9-17(22)23;/h16H,2-15H2,1H3,(H2,19,20,21);1H. The van der Waals surface area contributed by atoms with Gasteiger partial charge in [-0.15, -0.1) is 24.0 Å². The number of halogens is 1. The molecule has 0 aromatic heterocycles. The minimum absolute atomic E-state index is 0. The molecular formula is C18H35IN4O2. The summed E-state index contributed by atoms with van der Waals surface area (Å²) in [4.78, 5) is 18.6. The van der Waals surface area contributed by atoms with Crippen molar-refractivity contribution >= 4 is 35.8 Å². The molecule has 2 rings (SSSR count). The normalized spacial score (nSPS) is 21.6. The zero-order valence-corrected chi connectivity index (χ0v) is 17.9. The Morgan fingerprint density at radius 1 is 1.28 bits per heavy atom. The van der Waals surface area contributed by atoms with Crippen LogP contribution < -0.4 is 10.6 Å². The van der Waals surface area contributed by atoms with Gasteiger partial charge in [0, 0.05) is 45.8 Å². The first-order valence-electron chi connectivity index (χ1n) is 9.71. The highest BCUT2D eigenvalue weighted by Gasteiger charge is 2.16. The van der Waals surface area contributed by atoms with E-state index in [1.165, 1.54) is 19.3 Å². The third kappa shape index (κ3) is 9.08. The van der Waals surface area contributed by atoms with Crippen LogP contribution in [0.25, 0.3) is 0 Å². The first-order valence-corrected chi connectivity index (χ1v) is 9.71. The van der Waals surface area contributed by atoms with Gasteiger partial charge in [-0.25, -0.2) is 0 Å². The summed E-state index contributed by atoms with van der Waals surface area (Å²) >= 11 is 0. The molecule has 7 heteroatoms. The predicted molar refractivity (Wildman–Crippen MR) is 113 cm³/mol.